The van der Waals surface area contributed by atoms with E-state index in [0.29, 0.717) is 9.86 Å². The van der Waals surface area contributed by atoms with Crippen molar-refractivity contribution in [2.75, 3.05) is 0 Å². The summed E-state index contributed by atoms with van der Waals surface area (Å²) in [6.45, 7) is 0. The molecule has 0 atom stereocenters. The van der Waals surface area contributed by atoms with E-state index in [2.05, 4.69) is 15.9 Å². The van der Waals surface area contributed by atoms with Crippen LogP contribution in [0.1, 0.15) is 0 Å². The second-order valence-corrected chi connectivity index (χ2v) is 7.18. The summed E-state index contributed by atoms with van der Waals surface area (Å²) in [7, 11) is -3.87. The summed E-state index contributed by atoms with van der Waals surface area (Å²) in [6.07, 6.45) is 0. The second kappa shape index (κ2) is 5.13. The fraction of sp³-hybridized carbons (Fsp3) is 0. The van der Waals surface area contributed by atoms with Crippen LogP contribution in [0.25, 0.3) is 11.0 Å². The van der Waals surface area contributed by atoms with Crippen molar-refractivity contribution in [3.63, 3.8) is 0 Å². The van der Waals surface area contributed by atoms with E-state index in [1.807, 2.05) is 0 Å². The molecule has 0 fully saturated rings. The Morgan fingerprint density at radius 3 is 2.48 bits per heavy atom. The van der Waals surface area contributed by atoms with Gasteiger partial charge in [0.05, 0.1) is 10.3 Å². The average Bonchev–Trinajstić information content (AvgIpc) is 2.47. The third kappa shape index (κ3) is 2.52. The average molecular weight is 365 g/mol. The molecule has 3 rings (SSSR count). The smallest absolute Gasteiger partial charge is 0.239 e. The van der Waals surface area contributed by atoms with Gasteiger partial charge in [-0.3, -0.25) is 4.79 Å². The molecule has 0 bridgehead atoms. The maximum atomic E-state index is 12.5. The van der Waals surface area contributed by atoms with Crippen molar-refractivity contribution in [1.29, 1.82) is 0 Å². The quantitative estimate of drug-likeness (QED) is 0.698. The lowest BCUT2D eigenvalue weighted by Crippen LogP contribution is -2.08. The Bertz CT molecular complexity index is 990. The normalized spacial score (nSPS) is 11.7. The number of para-hydroxylation sites is 1. The third-order valence-corrected chi connectivity index (χ3v) is 5.08. The Labute approximate surface area is 129 Å². The lowest BCUT2D eigenvalue weighted by molar-refractivity contribution is 0.469. The number of fused-ring (bicyclic) bond motifs is 1. The van der Waals surface area contributed by atoms with Gasteiger partial charge in [-0.1, -0.05) is 34.1 Å². The zero-order valence-electron chi connectivity index (χ0n) is 10.6. The number of sulfone groups is 1. The van der Waals surface area contributed by atoms with Gasteiger partial charge in [0, 0.05) is 10.5 Å². The van der Waals surface area contributed by atoms with E-state index in [1.54, 1.807) is 36.4 Å². The highest BCUT2D eigenvalue weighted by molar-refractivity contribution is 9.10. The van der Waals surface area contributed by atoms with Gasteiger partial charge in [-0.15, -0.1) is 0 Å². The molecule has 0 radical (unpaired) electrons. The van der Waals surface area contributed by atoms with Crippen LogP contribution in [0.5, 0.6) is 0 Å². The van der Waals surface area contributed by atoms with Gasteiger partial charge in [0.1, 0.15) is 5.58 Å². The lowest BCUT2D eigenvalue weighted by Gasteiger charge is -2.05. The highest BCUT2D eigenvalue weighted by atomic mass is 79.9. The summed E-state index contributed by atoms with van der Waals surface area (Å²) in [4.78, 5) is 12.1. The molecule has 1 aromatic heterocycles. The Balaban J connectivity index is 2.27. The van der Waals surface area contributed by atoms with Gasteiger partial charge in [-0.25, -0.2) is 8.42 Å². The highest BCUT2D eigenvalue weighted by Gasteiger charge is 2.22. The number of halogens is 1. The van der Waals surface area contributed by atoms with Crippen LogP contribution in [-0.4, -0.2) is 8.42 Å². The Morgan fingerprint density at radius 2 is 1.71 bits per heavy atom. The van der Waals surface area contributed by atoms with E-state index in [1.165, 1.54) is 12.1 Å². The Hall–Kier alpha value is -1.92. The summed E-state index contributed by atoms with van der Waals surface area (Å²) in [5.41, 5.74) is -0.135. The molecular formula is C15H9BrO4S. The molecule has 0 aliphatic heterocycles. The van der Waals surface area contributed by atoms with E-state index >= 15 is 0 Å². The maximum absolute atomic E-state index is 12.5. The van der Waals surface area contributed by atoms with E-state index in [-0.39, 0.29) is 21.0 Å². The number of benzene rings is 2. The van der Waals surface area contributed by atoms with Crippen LogP contribution in [0.15, 0.2) is 78.3 Å². The molecule has 0 saturated heterocycles. The minimum atomic E-state index is -3.87. The van der Waals surface area contributed by atoms with Crippen LogP contribution < -0.4 is 5.43 Å². The largest absolute Gasteiger partial charge is 0.444 e. The topological polar surface area (TPSA) is 64.3 Å². The standard InChI is InChI=1S/C15H9BrO4S/c16-10-4-3-5-11(8-10)21(18,19)15-9-13(17)12-6-1-2-7-14(12)20-15/h1-9H. The van der Waals surface area contributed by atoms with Gasteiger partial charge >= 0.3 is 0 Å². The molecule has 1 heterocycles. The van der Waals surface area contributed by atoms with Gasteiger partial charge in [0.25, 0.3) is 0 Å². The minimum Gasteiger partial charge on any atom is -0.444 e. The molecule has 0 saturated carbocycles. The molecule has 21 heavy (non-hydrogen) atoms. The van der Waals surface area contributed by atoms with Crippen LogP contribution in [0.3, 0.4) is 0 Å². The van der Waals surface area contributed by atoms with Crippen molar-refractivity contribution < 1.29 is 12.8 Å². The highest BCUT2D eigenvalue weighted by Crippen LogP contribution is 2.24. The van der Waals surface area contributed by atoms with Gasteiger partial charge in [0.15, 0.2) is 5.43 Å². The van der Waals surface area contributed by atoms with Crippen LogP contribution in [0, 0.1) is 0 Å². The predicted octanol–water partition coefficient (Wildman–Crippen LogP) is 3.39. The van der Waals surface area contributed by atoms with E-state index in [9.17, 15) is 13.2 Å². The summed E-state index contributed by atoms with van der Waals surface area (Å²) >= 11 is 3.22. The van der Waals surface area contributed by atoms with E-state index in [0.717, 1.165) is 6.07 Å². The molecule has 2 aromatic carbocycles. The molecule has 0 N–H and O–H groups in total. The first kappa shape index (κ1) is 14.0. The van der Waals surface area contributed by atoms with Crippen molar-refractivity contribution in [2.24, 2.45) is 0 Å². The van der Waals surface area contributed by atoms with Crippen molar-refractivity contribution in [3.8, 4) is 0 Å². The van der Waals surface area contributed by atoms with E-state index < -0.39 is 9.84 Å². The first-order valence-electron chi connectivity index (χ1n) is 6.02. The molecule has 0 unspecified atom stereocenters. The number of hydrogen-bond donors (Lipinski definition) is 0. The van der Waals surface area contributed by atoms with Gasteiger partial charge in [-0.05, 0) is 30.3 Å². The molecular weight excluding hydrogens is 356 g/mol. The van der Waals surface area contributed by atoms with Crippen LogP contribution in [-0.2, 0) is 9.84 Å². The van der Waals surface area contributed by atoms with Gasteiger partial charge in [0.2, 0.25) is 14.9 Å². The van der Waals surface area contributed by atoms with Crippen molar-refractivity contribution >= 4 is 36.7 Å². The molecule has 3 aromatic rings. The first-order valence-corrected chi connectivity index (χ1v) is 8.30. The molecule has 4 nitrogen and oxygen atoms in total. The van der Waals surface area contributed by atoms with Crippen molar-refractivity contribution in [1.82, 2.24) is 0 Å². The van der Waals surface area contributed by atoms with Crippen LogP contribution in [0.4, 0.5) is 0 Å². The number of hydrogen-bond acceptors (Lipinski definition) is 4. The summed E-state index contributed by atoms with van der Waals surface area (Å²) in [6, 6.07) is 13.8. The molecule has 0 spiro atoms. The monoisotopic (exact) mass is 364 g/mol. The minimum absolute atomic E-state index is 0.0651. The summed E-state index contributed by atoms with van der Waals surface area (Å²) in [5.74, 6) is 0. The van der Waals surface area contributed by atoms with Crippen LogP contribution in [0.2, 0.25) is 0 Å². The maximum Gasteiger partial charge on any atom is 0.239 e. The fourth-order valence-electron chi connectivity index (χ4n) is 1.96. The Kier molecular flexibility index (Phi) is 3.43. The summed E-state index contributed by atoms with van der Waals surface area (Å²) in [5, 5.41) is -0.00464. The zero-order chi connectivity index (χ0) is 15.0. The zero-order valence-corrected chi connectivity index (χ0v) is 13.0. The fourth-order valence-corrected chi connectivity index (χ4v) is 3.75. The molecule has 0 aliphatic rings. The van der Waals surface area contributed by atoms with Crippen molar-refractivity contribution in [2.45, 2.75) is 9.99 Å². The molecule has 0 aliphatic carbocycles. The SMILES string of the molecule is O=c1cc(S(=O)(=O)c2cccc(Br)c2)oc2ccccc12. The van der Waals surface area contributed by atoms with E-state index in [4.69, 9.17) is 4.42 Å². The molecule has 106 valence electrons. The lowest BCUT2D eigenvalue weighted by atomic mass is 10.2. The molecule has 6 heteroatoms. The summed E-state index contributed by atoms with van der Waals surface area (Å²) < 4.78 is 31.1. The first-order chi connectivity index (χ1) is 9.98. The van der Waals surface area contributed by atoms with Gasteiger partial charge in [-0.2, -0.15) is 0 Å². The third-order valence-electron chi connectivity index (χ3n) is 2.98. The van der Waals surface area contributed by atoms with Gasteiger partial charge < -0.3 is 4.42 Å². The number of rotatable bonds is 2. The predicted molar refractivity (Wildman–Crippen MR) is 82.1 cm³/mol. The molecule has 0 amide bonds. The second-order valence-electron chi connectivity index (χ2n) is 4.39. The van der Waals surface area contributed by atoms with Crippen LogP contribution >= 0.6 is 15.9 Å². The van der Waals surface area contributed by atoms with Crippen molar-refractivity contribution in [3.05, 3.63) is 69.3 Å². The Morgan fingerprint density at radius 1 is 0.952 bits per heavy atom.